The van der Waals surface area contributed by atoms with E-state index in [2.05, 4.69) is 293 Å². The second-order valence-electron chi connectivity index (χ2n) is 45.4. The van der Waals surface area contributed by atoms with Crippen molar-refractivity contribution in [1.29, 1.82) is 0 Å². The summed E-state index contributed by atoms with van der Waals surface area (Å²) in [5.74, 6) is 12.6. The minimum atomic E-state index is 0.0883. The SMILES string of the molecule is CN(C)c1ccccc1C1CCN(c2nc(C3(C)CCC3)nc3ccc(N(C)CCN4CCOCC4)cc23)CC1.CN(C)c1ccccc1C1CCN(c2nc(C3(C)CCC3)nc3ccc(N(C)CCO)cc23)CC1.COc1ccccc1C1CCN(c2nc(C3(C)CCC3)nc3ccc(N(C)CCN4CCOCC4)cc23)CC1.COc1ccccc1C1CCN(c2nc(C3(C)CCC3)nc3ccc(N(C)CCO)cc23)CC1. The number of benzene rings is 8. The first kappa shape index (κ1) is 105. The fourth-order valence-electron chi connectivity index (χ4n) is 24.3. The Labute approximate surface area is 880 Å². The fraction of sp³-hybridized carbons (Fsp3) is 0.541. The molecule has 0 amide bonds. The number of nitrogens with zero attached hydrogens (tertiary/aromatic N) is 20. The summed E-state index contributed by atoms with van der Waals surface area (Å²) in [7, 11) is 20.6. The van der Waals surface area contributed by atoms with Gasteiger partial charge in [0.15, 0.2) is 0 Å². The van der Waals surface area contributed by atoms with E-state index in [9.17, 15) is 10.2 Å². The number of methoxy groups -OCH3 is 2. The molecule has 788 valence electrons. The number of fused-ring (bicyclic) bond motifs is 4. The molecule has 26 heteroatoms. The Kier molecular flexibility index (Phi) is 33.3. The molecule has 148 heavy (non-hydrogen) atoms. The predicted octanol–water partition coefficient (Wildman–Crippen LogP) is 20.4. The highest BCUT2D eigenvalue weighted by Gasteiger charge is 2.43. The maximum absolute atomic E-state index is 9.42. The van der Waals surface area contributed by atoms with Crippen molar-refractivity contribution in [3.05, 3.63) is 215 Å². The lowest BCUT2D eigenvalue weighted by Gasteiger charge is -2.39. The molecule has 4 saturated carbocycles. The van der Waals surface area contributed by atoms with Crippen LogP contribution in [-0.4, -0.2) is 288 Å². The van der Waals surface area contributed by atoms with Gasteiger partial charge in [0.05, 0.1) is 75.9 Å². The summed E-state index contributed by atoms with van der Waals surface area (Å²) in [5.41, 5.74) is 17.5. The second-order valence-corrected chi connectivity index (χ2v) is 45.4. The van der Waals surface area contributed by atoms with Crippen molar-refractivity contribution in [2.75, 3.05) is 277 Å². The second kappa shape index (κ2) is 46.9. The highest BCUT2D eigenvalue weighted by atomic mass is 16.5. The molecule has 10 fully saturated rings. The highest BCUT2D eigenvalue weighted by Crippen LogP contribution is 2.51. The van der Waals surface area contributed by atoms with E-state index in [0.29, 0.717) is 36.8 Å². The fourth-order valence-corrected chi connectivity index (χ4v) is 24.3. The first-order valence-corrected chi connectivity index (χ1v) is 55.6. The van der Waals surface area contributed by atoms with Crippen molar-refractivity contribution >= 4 is 101 Å². The summed E-state index contributed by atoms with van der Waals surface area (Å²) >= 11 is 0. The summed E-state index contributed by atoms with van der Waals surface area (Å²) in [5, 5.41) is 23.4. The number of aliphatic hydroxyl groups is 2. The van der Waals surface area contributed by atoms with E-state index in [1.807, 2.05) is 20.2 Å². The Hall–Kier alpha value is -11.5. The smallest absolute Gasteiger partial charge is 0.140 e. The topological polar surface area (TPSA) is 219 Å². The standard InChI is InChI=1S/C33H46N6O.C32H43N5O2.C29H39N5O.C28H36N4O2/c1-33(14-7-15-33)32-34-29-11-10-26(37(4)18-19-38-20-22-40-23-21-38)24-28(29)31(35-32)39-16-12-25(13-17-39)27-8-5-6-9-30(27)36(2)3;1-32(13-6-14-32)31-33-28-10-9-25(35(2)17-18-36-19-21-39-22-20-36)23-27(28)30(34-31)37-15-11-24(12-16-37)26-7-4-5-8-29(26)38-3;1-29(14-7-15-29)28-30-25-11-10-22(33(4)18-19-35)20-24(25)27(31-28)34-16-12-21(13-17-34)23-8-5-6-9-26(23)32(2)3;1-28(13-6-14-28)27-29-24-10-9-21(31(2)17-18-33)19-23(24)26(30-27)32-15-11-20(12-16-32)22-7-4-5-8-25(22)34-3/h5-6,8-11,24-25H,7,12-23H2,1-4H3;4-5,7-10,23-24H,6,11-22H2,1-3H3;5-6,8-11,20-21,35H,7,12-19H2,1-4H3;4-5,7-10,19-20,33H,6,11-18H2,1-3H3. The lowest BCUT2D eigenvalue weighted by Crippen LogP contribution is -2.40. The molecule has 0 spiro atoms. The number of piperidine rings is 4. The zero-order valence-electron chi connectivity index (χ0n) is 91.1. The van der Waals surface area contributed by atoms with Crippen molar-refractivity contribution in [1.82, 2.24) is 49.7 Å². The van der Waals surface area contributed by atoms with Gasteiger partial charge in [-0.15, -0.1) is 0 Å². The zero-order valence-corrected chi connectivity index (χ0v) is 91.1. The molecular formula is C122H164N20O6. The lowest BCUT2D eigenvalue weighted by atomic mass is 9.70. The van der Waals surface area contributed by atoms with E-state index >= 15 is 0 Å². The van der Waals surface area contributed by atoms with Crippen LogP contribution in [-0.2, 0) is 31.1 Å². The first-order chi connectivity index (χ1) is 71.9. The molecule has 4 aliphatic carbocycles. The number of aromatic nitrogens is 8. The van der Waals surface area contributed by atoms with Gasteiger partial charge in [-0.3, -0.25) is 9.80 Å². The number of rotatable bonds is 30. The number of morpholine rings is 2. The molecular weight excluding hydrogens is 1840 g/mol. The number of aliphatic hydroxyl groups excluding tert-OH is 2. The number of para-hydroxylation sites is 4. The summed E-state index contributed by atoms with van der Waals surface area (Å²) in [4.78, 5) is 69.9. The van der Waals surface area contributed by atoms with Crippen LogP contribution >= 0.6 is 0 Å². The average Bonchev–Trinajstić information content (AvgIpc) is 0.761. The quantitative estimate of drug-likeness (QED) is 0.0427. The van der Waals surface area contributed by atoms with Gasteiger partial charge in [0, 0.05) is 252 Å². The highest BCUT2D eigenvalue weighted by molar-refractivity contribution is 5.96. The van der Waals surface area contributed by atoms with Gasteiger partial charge in [-0.25, -0.2) is 39.9 Å². The monoisotopic (exact) mass is 2010 g/mol. The number of ether oxygens (including phenoxy) is 4. The number of likely N-dealkylation sites (N-methyl/N-ethyl adjacent to an activating group) is 4. The predicted molar refractivity (Wildman–Crippen MR) is 609 cm³/mol. The van der Waals surface area contributed by atoms with Crippen LogP contribution in [0.15, 0.2) is 170 Å². The minimum absolute atomic E-state index is 0.0883. The van der Waals surface area contributed by atoms with Gasteiger partial charge in [0.2, 0.25) is 0 Å². The third-order valence-electron chi connectivity index (χ3n) is 35.0. The normalized spacial score (nSPS) is 19.1. The van der Waals surface area contributed by atoms with Gasteiger partial charge in [-0.2, -0.15) is 0 Å². The van der Waals surface area contributed by atoms with Crippen molar-refractivity contribution in [2.45, 2.75) is 201 Å². The van der Waals surface area contributed by atoms with Crippen molar-refractivity contribution in [2.24, 2.45) is 0 Å². The molecule has 6 saturated heterocycles. The Morgan fingerprint density at radius 1 is 0.304 bits per heavy atom. The van der Waals surface area contributed by atoms with Gasteiger partial charge < -0.3 is 78.2 Å². The summed E-state index contributed by atoms with van der Waals surface area (Å²) < 4.78 is 22.4. The molecule has 0 unspecified atom stereocenters. The van der Waals surface area contributed by atoms with Crippen LogP contribution in [0.3, 0.4) is 0 Å². The molecule has 26 nitrogen and oxygen atoms in total. The molecule has 0 radical (unpaired) electrons. The third kappa shape index (κ3) is 23.3. The van der Waals surface area contributed by atoms with E-state index < -0.39 is 0 Å². The Bertz CT molecular complexity index is 6460. The van der Waals surface area contributed by atoms with Gasteiger partial charge in [-0.05, 0) is 246 Å². The van der Waals surface area contributed by atoms with Crippen LogP contribution < -0.4 is 58.5 Å². The van der Waals surface area contributed by atoms with Crippen molar-refractivity contribution < 1.29 is 29.2 Å². The average molecular weight is 2010 g/mol. The molecule has 12 aromatic rings. The Morgan fingerprint density at radius 3 is 0.791 bits per heavy atom. The van der Waals surface area contributed by atoms with E-state index in [0.717, 1.165) is 298 Å². The van der Waals surface area contributed by atoms with Crippen molar-refractivity contribution in [3.63, 3.8) is 0 Å². The van der Waals surface area contributed by atoms with E-state index in [1.54, 1.807) is 14.2 Å². The molecule has 8 aromatic carbocycles. The maximum atomic E-state index is 9.42. The molecule has 6 aliphatic heterocycles. The molecule has 4 aromatic heterocycles. The van der Waals surface area contributed by atoms with E-state index in [1.165, 1.54) is 120 Å². The molecule has 0 atom stereocenters. The van der Waals surface area contributed by atoms with Gasteiger partial charge in [-0.1, -0.05) is 126 Å². The van der Waals surface area contributed by atoms with Crippen molar-refractivity contribution in [3.8, 4) is 11.5 Å². The van der Waals surface area contributed by atoms with E-state index in [-0.39, 0.29) is 34.9 Å². The van der Waals surface area contributed by atoms with Gasteiger partial charge in [0.25, 0.3) is 0 Å². The van der Waals surface area contributed by atoms with Crippen LogP contribution in [0.2, 0.25) is 0 Å². The number of hydrogen-bond acceptors (Lipinski definition) is 26. The van der Waals surface area contributed by atoms with Crippen LogP contribution in [0.5, 0.6) is 11.5 Å². The lowest BCUT2D eigenvalue weighted by molar-refractivity contribution is 0.0392. The number of hydrogen-bond donors (Lipinski definition) is 2. The minimum Gasteiger partial charge on any atom is -0.496 e. The maximum Gasteiger partial charge on any atom is 0.140 e. The summed E-state index contributed by atoms with van der Waals surface area (Å²) in [6.45, 7) is 30.3. The molecule has 10 heterocycles. The van der Waals surface area contributed by atoms with Crippen LogP contribution in [0, 0.1) is 0 Å². The molecule has 0 bridgehead atoms. The molecule has 2 N–H and O–H groups in total. The summed E-state index contributed by atoms with van der Waals surface area (Å²) in [6.07, 6.45) is 23.3. The third-order valence-corrected chi connectivity index (χ3v) is 35.0. The van der Waals surface area contributed by atoms with Crippen LogP contribution in [0.1, 0.15) is 225 Å². The van der Waals surface area contributed by atoms with Gasteiger partial charge in [0.1, 0.15) is 58.1 Å². The zero-order chi connectivity index (χ0) is 103. The van der Waals surface area contributed by atoms with Gasteiger partial charge >= 0.3 is 0 Å². The first-order valence-electron chi connectivity index (χ1n) is 55.6. The Morgan fingerprint density at radius 2 is 0.547 bits per heavy atom. The number of anilines is 10. The Balaban J connectivity index is 0.000000124. The largest absolute Gasteiger partial charge is 0.496 e. The van der Waals surface area contributed by atoms with E-state index in [4.69, 9.17) is 58.8 Å². The van der Waals surface area contributed by atoms with Crippen LogP contribution in [0.4, 0.5) is 57.4 Å². The summed E-state index contributed by atoms with van der Waals surface area (Å²) in [6, 6.07) is 61.1. The molecule has 22 rings (SSSR count). The molecule has 10 aliphatic rings. The van der Waals surface area contributed by atoms with Crippen LogP contribution in [0.25, 0.3) is 43.6 Å².